The zero-order valence-corrected chi connectivity index (χ0v) is 18.7. The molecule has 2 heterocycles. The van der Waals surface area contributed by atoms with Crippen LogP contribution in [0.15, 0.2) is 70.7 Å². The van der Waals surface area contributed by atoms with Crippen molar-refractivity contribution in [3.63, 3.8) is 0 Å². The van der Waals surface area contributed by atoms with Gasteiger partial charge in [-0.2, -0.15) is 0 Å². The molecule has 0 aliphatic carbocycles. The van der Waals surface area contributed by atoms with Gasteiger partial charge in [-0.1, -0.05) is 41.0 Å². The van der Waals surface area contributed by atoms with Crippen molar-refractivity contribution in [3.05, 3.63) is 81.9 Å². The Hall–Kier alpha value is -2.34. The maximum absolute atomic E-state index is 13.5. The van der Waals surface area contributed by atoms with E-state index in [9.17, 15) is 13.6 Å². The molecule has 0 aliphatic rings. The Kier molecular flexibility index (Phi) is 6.11. The highest BCUT2D eigenvalue weighted by Gasteiger charge is 2.25. The second-order valence-electron chi connectivity index (χ2n) is 6.28. The van der Waals surface area contributed by atoms with E-state index in [0.717, 1.165) is 3.97 Å². The fourth-order valence-electron chi connectivity index (χ4n) is 2.88. The molecule has 8 nitrogen and oxygen atoms in total. The van der Waals surface area contributed by atoms with Gasteiger partial charge in [0.15, 0.2) is 0 Å². The minimum absolute atomic E-state index is 0.0902. The number of hydrogen-bond acceptors (Lipinski definition) is 8. The maximum atomic E-state index is 13.5. The van der Waals surface area contributed by atoms with Gasteiger partial charge in [-0.25, -0.2) is 22.4 Å². The largest absolute Gasteiger partial charge is 0.733 e. The molecule has 0 saturated carbocycles. The Bertz CT molecular complexity index is 1350. The van der Waals surface area contributed by atoms with Crippen LogP contribution in [0, 0.1) is 5.21 Å². The standard InChI is InChI=1S/C19H13Cl2N4O4S2/c20-14-9-16-17(10-15(14)21)24(18(23-16)11-30-19-3-1-2-8-22-19)31(28,29)13-6-4-12(5-7-13)25(26)27/h1-10,26H,11H2/q-1. The number of aromatic nitrogens is 3. The molecule has 0 aliphatic heterocycles. The zero-order valence-electron chi connectivity index (χ0n) is 15.5. The van der Waals surface area contributed by atoms with E-state index in [1.165, 1.54) is 48.2 Å². The summed E-state index contributed by atoms with van der Waals surface area (Å²) in [6, 6.07) is 13.2. The Balaban J connectivity index is 1.84. The number of nitrogens with zero attached hydrogens (tertiary/aromatic N) is 4. The van der Waals surface area contributed by atoms with Gasteiger partial charge in [-0.15, -0.1) is 0 Å². The number of halogens is 2. The minimum atomic E-state index is -4.11. The van der Waals surface area contributed by atoms with Crippen LogP contribution in [-0.4, -0.2) is 27.6 Å². The Morgan fingerprint density at radius 1 is 1.10 bits per heavy atom. The Morgan fingerprint density at radius 3 is 2.45 bits per heavy atom. The summed E-state index contributed by atoms with van der Waals surface area (Å²) in [5.41, 5.74) is 0.533. The summed E-state index contributed by atoms with van der Waals surface area (Å²) in [5.74, 6) is 0.462. The van der Waals surface area contributed by atoms with Crippen molar-refractivity contribution in [2.75, 3.05) is 5.23 Å². The number of hydrogen-bond donors (Lipinski definition) is 1. The first kappa shape index (κ1) is 21.9. The van der Waals surface area contributed by atoms with E-state index in [2.05, 4.69) is 9.97 Å². The molecule has 0 spiro atoms. The summed E-state index contributed by atoms with van der Waals surface area (Å²) in [6.45, 7) is 0. The number of imidazole rings is 1. The fourth-order valence-corrected chi connectivity index (χ4v) is 5.54. The van der Waals surface area contributed by atoms with Crippen LogP contribution in [-0.2, 0) is 15.8 Å². The molecule has 0 radical (unpaired) electrons. The lowest BCUT2D eigenvalue weighted by atomic mass is 10.3. The van der Waals surface area contributed by atoms with Crippen LogP contribution in [0.2, 0.25) is 10.0 Å². The molecule has 0 saturated heterocycles. The number of benzene rings is 2. The van der Waals surface area contributed by atoms with Crippen molar-refractivity contribution in [3.8, 4) is 0 Å². The van der Waals surface area contributed by atoms with Crippen LogP contribution in [0.1, 0.15) is 5.82 Å². The second-order valence-corrected chi connectivity index (χ2v) is 9.87. The highest BCUT2D eigenvalue weighted by Crippen LogP contribution is 2.33. The van der Waals surface area contributed by atoms with E-state index in [4.69, 9.17) is 28.4 Å². The summed E-state index contributed by atoms with van der Waals surface area (Å²) < 4.78 is 28.1. The third kappa shape index (κ3) is 4.36. The predicted molar refractivity (Wildman–Crippen MR) is 120 cm³/mol. The summed E-state index contributed by atoms with van der Waals surface area (Å²) >= 11 is 13.6. The van der Waals surface area contributed by atoms with E-state index >= 15 is 0 Å². The van der Waals surface area contributed by atoms with E-state index < -0.39 is 10.0 Å². The molecule has 0 amide bonds. The first-order chi connectivity index (χ1) is 14.8. The van der Waals surface area contributed by atoms with Crippen molar-refractivity contribution in [2.45, 2.75) is 15.7 Å². The van der Waals surface area contributed by atoms with E-state index in [0.29, 0.717) is 10.5 Å². The average molecular weight is 496 g/mol. The van der Waals surface area contributed by atoms with Gasteiger partial charge in [0.05, 0.1) is 42.4 Å². The molecule has 160 valence electrons. The summed E-state index contributed by atoms with van der Waals surface area (Å²) in [7, 11) is -4.11. The van der Waals surface area contributed by atoms with E-state index in [-0.39, 0.29) is 42.9 Å². The van der Waals surface area contributed by atoms with Crippen LogP contribution < -0.4 is 5.23 Å². The van der Waals surface area contributed by atoms with Crippen LogP contribution in [0.4, 0.5) is 5.69 Å². The molecule has 4 rings (SSSR count). The lowest BCUT2D eigenvalue weighted by Gasteiger charge is -2.21. The highest BCUT2D eigenvalue weighted by atomic mass is 35.5. The van der Waals surface area contributed by atoms with Crippen molar-refractivity contribution >= 4 is 61.7 Å². The maximum Gasteiger partial charge on any atom is 0.269 e. The lowest BCUT2D eigenvalue weighted by Crippen LogP contribution is -2.16. The molecular weight excluding hydrogens is 483 g/mol. The summed E-state index contributed by atoms with van der Waals surface area (Å²) in [4.78, 5) is 8.60. The number of fused-ring (bicyclic) bond motifs is 1. The predicted octanol–water partition coefficient (Wildman–Crippen LogP) is 4.96. The van der Waals surface area contributed by atoms with Crippen LogP contribution in [0.3, 0.4) is 0 Å². The number of rotatable bonds is 6. The topological polar surface area (TPSA) is 111 Å². The fraction of sp³-hybridized carbons (Fsp3) is 0.0526. The SMILES string of the molecule is O=S(=O)(c1ccc(N([O-])O)cc1)n1c(CSc2ccccn2)nc2cc(Cl)c(Cl)cc21. The molecule has 31 heavy (non-hydrogen) atoms. The van der Waals surface area contributed by atoms with Gasteiger partial charge in [0.2, 0.25) is 0 Å². The highest BCUT2D eigenvalue weighted by molar-refractivity contribution is 7.98. The molecule has 2 aromatic heterocycles. The summed E-state index contributed by atoms with van der Waals surface area (Å²) in [6.07, 6.45) is 1.64. The van der Waals surface area contributed by atoms with Crippen LogP contribution in [0.25, 0.3) is 11.0 Å². The molecule has 1 N–H and O–H groups in total. The quantitative estimate of drug-likeness (QED) is 0.295. The third-order valence-corrected chi connectivity index (χ3v) is 7.72. The minimum Gasteiger partial charge on any atom is -0.733 e. The lowest BCUT2D eigenvalue weighted by molar-refractivity contribution is 0.296. The van der Waals surface area contributed by atoms with E-state index in [1.54, 1.807) is 12.3 Å². The van der Waals surface area contributed by atoms with E-state index in [1.807, 2.05) is 12.1 Å². The first-order valence-electron chi connectivity index (χ1n) is 8.69. The van der Waals surface area contributed by atoms with Gasteiger partial charge in [-0.05, 0) is 48.5 Å². The van der Waals surface area contributed by atoms with Gasteiger partial charge < -0.3 is 10.4 Å². The van der Waals surface area contributed by atoms with Crippen molar-refractivity contribution in [1.29, 1.82) is 0 Å². The summed E-state index contributed by atoms with van der Waals surface area (Å²) in [5, 5.41) is 20.8. The molecule has 2 aromatic carbocycles. The smallest absolute Gasteiger partial charge is 0.269 e. The molecule has 0 bridgehead atoms. The van der Waals surface area contributed by atoms with Crippen molar-refractivity contribution in [1.82, 2.24) is 13.9 Å². The Morgan fingerprint density at radius 2 is 1.81 bits per heavy atom. The second kappa shape index (κ2) is 8.65. The van der Waals surface area contributed by atoms with Gasteiger partial charge in [0, 0.05) is 6.20 Å². The van der Waals surface area contributed by atoms with Crippen LogP contribution in [0.5, 0.6) is 0 Å². The number of pyridine rings is 1. The third-order valence-electron chi connectivity index (χ3n) is 4.30. The van der Waals surface area contributed by atoms with Crippen molar-refractivity contribution in [2.24, 2.45) is 0 Å². The molecule has 12 heteroatoms. The average Bonchev–Trinajstić information content (AvgIpc) is 3.11. The molecule has 0 fully saturated rings. The molecular formula is C19H13Cl2N4O4S2-. The van der Waals surface area contributed by atoms with Crippen LogP contribution >= 0.6 is 35.0 Å². The first-order valence-corrected chi connectivity index (χ1v) is 11.9. The molecule has 0 unspecified atom stereocenters. The van der Waals surface area contributed by atoms with Gasteiger partial charge in [0.25, 0.3) is 10.0 Å². The normalized spacial score (nSPS) is 11.7. The monoisotopic (exact) mass is 495 g/mol. The molecule has 4 aromatic rings. The van der Waals surface area contributed by atoms with Crippen molar-refractivity contribution < 1.29 is 13.6 Å². The Labute approximate surface area is 191 Å². The van der Waals surface area contributed by atoms with Gasteiger partial charge >= 0.3 is 0 Å². The number of anilines is 1. The zero-order chi connectivity index (χ0) is 22.2. The van der Waals surface area contributed by atoms with Gasteiger partial charge in [-0.3, -0.25) is 5.21 Å². The van der Waals surface area contributed by atoms with Gasteiger partial charge in [0.1, 0.15) is 5.82 Å². The number of thioether (sulfide) groups is 1. The molecule has 0 atom stereocenters.